The summed E-state index contributed by atoms with van der Waals surface area (Å²) in [5.41, 5.74) is 2.57. The van der Waals surface area contributed by atoms with Crippen LogP contribution in [0.25, 0.3) is 0 Å². The quantitative estimate of drug-likeness (QED) is 0.740. The normalized spacial score (nSPS) is 9.58. The van der Waals surface area contributed by atoms with E-state index in [0.29, 0.717) is 5.56 Å². The van der Waals surface area contributed by atoms with E-state index in [1.54, 1.807) is 6.07 Å². The fourth-order valence-electron chi connectivity index (χ4n) is 0.997. The lowest BCUT2D eigenvalue weighted by Crippen LogP contribution is -2.00. The zero-order valence-corrected chi connectivity index (χ0v) is 8.51. The van der Waals surface area contributed by atoms with Crippen LogP contribution in [0.2, 0.25) is 0 Å². The van der Waals surface area contributed by atoms with E-state index in [1.165, 1.54) is 0 Å². The molecule has 0 aliphatic heterocycles. The summed E-state index contributed by atoms with van der Waals surface area (Å²) < 4.78 is 4.45. The van der Waals surface area contributed by atoms with Crippen LogP contribution in [0, 0.1) is 13.8 Å². The van der Waals surface area contributed by atoms with Gasteiger partial charge >= 0.3 is 5.97 Å². The van der Waals surface area contributed by atoms with Gasteiger partial charge in [0.15, 0.2) is 16.3 Å². The molecule has 0 heterocycles. The van der Waals surface area contributed by atoms with Crippen LogP contribution in [0.3, 0.4) is 0 Å². The molecule has 1 aromatic carbocycles. The summed E-state index contributed by atoms with van der Waals surface area (Å²) in [6, 6.07) is 5.66. The SMILES string of the molecule is Cc1ccc(C)c(C(=O)OBr)c1. The van der Waals surface area contributed by atoms with Gasteiger partial charge in [-0.05, 0) is 25.5 Å². The minimum absolute atomic E-state index is 0.351. The summed E-state index contributed by atoms with van der Waals surface area (Å²) in [4.78, 5) is 11.1. The Kier molecular flexibility index (Phi) is 2.87. The molecule has 0 radical (unpaired) electrons. The van der Waals surface area contributed by atoms with Crippen molar-refractivity contribution in [3.63, 3.8) is 0 Å². The zero-order chi connectivity index (χ0) is 9.14. The van der Waals surface area contributed by atoms with E-state index in [9.17, 15) is 4.79 Å². The van der Waals surface area contributed by atoms with Crippen LogP contribution >= 0.6 is 16.3 Å². The number of hydrogen-bond acceptors (Lipinski definition) is 2. The van der Waals surface area contributed by atoms with Crippen molar-refractivity contribution in [1.82, 2.24) is 0 Å². The fraction of sp³-hybridized carbons (Fsp3) is 0.222. The Labute approximate surface area is 80.0 Å². The van der Waals surface area contributed by atoms with E-state index in [0.717, 1.165) is 11.1 Å². The first-order valence-electron chi connectivity index (χ1n) is 3.55. The smallest absolute Gasteiger partial charge is 0.349 e. The topological polar surface area (TPSA) is 26.3 Å². The molecule has 0 amide bonds. The average molecular weight is 229 g/mol. The van der Waals surface area contributed by atoms with E-state index in [-0.39, 0.29) is 5.97 Å². The Hall–Kier alpha value is -0.830. The number of benzene rings is 1. The Morgan fingerprint density at radius 1 is 1.42 bits per heavy atom. The van der Waals surface area contributed by atoms with Gasteiger partial charge in [-0.1, -0.05) is 17.7 Å². The number of hydrogen-bond donors (Lipinski definition) is 0. The highest BCUT2D eigenvalue weighted by Crippen LogP contribution is 2.12. The number of carbonyl (C=O) groups excluding carboxylic acids is 1. The predicted molar refractivity (Wildman–Crippen MR) is 50.3 cm³/mol. The maximum Gasteiger partial charge on any atom is 0.349 e. The predicted octanol–water partition coefficient (Wildman–Crippen LogP) is 2.77. The largest absolute Gasteiger partial charge is 0.380 e. The van der Waals surface area contributed by atoms with Crippen molar-refractivity contribution < 1.29 is 8.62 Å². The third-order valence-electron chi connectivity index (χ3n) is 1.68. The van der Waals surface area contributed by atoms with Crippen LogP contribution in [-0.4, -0.2) is 5.97 Å². The van der Waals surface area contributed by atoms with Gasteiger partial charge in [0.1, 0.15) is 0 Å². The lowest BCUT2D eigenvalue weighted by Gasteiger charge is -2.02. The summed E-state index contributed by atoms with van der Waals surface area (Å²) in [5.74, 6) is -0.351. The van der Waals surface area contributed by atoms with Gasteiger partial charge in [0.25, 0.3) is 0 Å². The third kappa shape index (κ3) is 1.85. The Bertz CT molecular complexity index is 307. The van der Waals surface area contributed by atoms with E-state index >= 15 is 0 Å². The van der Waals surface area contributed by atoms with E-state index < -0.39 is 0 Å². The van der Waals surface area contributed by atoms with Crippen molar-refractivity contribution >= 4 is 22.2 Å². The van der Waals surface area contributed by atoms with Gasteiger partial charge in [-0.3, -0.25) is 0 Å². The highest BCUT2D eigenvalue weighted by atomic mass is 79.9. The maximum atomic E-state index is 11.1. The van der Waals surface area contributed by atoms with Crippen LogP contribution in [0.15, 0.2) is 18.2 Å². The first kappa shape index (κ1) is 9.26. The maximum absolute atomic E-state index is 11.1. The molecule has 0 fully saturated rings. The summed E-state index contributed by atoms with van der Waals surface area (Å²) in [6.45, 7) is 3.81. The molecule has 3 heteroatoms. The van der Waals surface area contributed by atoms with E-state index in [1.807, 2.05) is 26.0 Å². The number of aryl methyl sites for hydroxylation is 2. The summed E-state index contributed by atoms with van der Waals surface area (Å²) in [5, 5.41) is 0. The van der Waals surface area contributed by atoms with Crippen LogP contribution in [0.4, 0.5) is 0 Å². The third-order valence-corrected chi connectivity index (χ3v) is 1.98. The standard InChI is InChI=1S/C9H9BrO2/c1-6-3-4-7(2)8(5-6)9(11)12-10/h3-5H,1-2H3. The van der Waals surface area contributed by atoms with Crippen LogP contribution < -0.4 is 0 Å². The Balaban J connectivity index is 3.13. The Morgan fingerprint density at radius 3 is 2.67 bits per heavy atom. The van der Waals surface area contributed by atoms with Crippen molar-refractivity contribution in [3.05, 3.63) is 34.9 Å². The molecule has 0 bridgehead atoms. The minimum Gasteiger partial charge on any atom is -0.380 e. The molecule has 0 aliphatic carbocycles. The zero-order valence-electron chi connectivity index (χ0n) is 6.93. The molecule has 64 valence electrons. The summed E-state index contributed by atoms with van der Waals surface area (Å²) in [6.07, 6.45) is 0. The second-order valence-corrected chi connectivity index (χ2v) is 3.01. The van der Waals surface area contributed by atoms with Gasteiger partial charge in [-0.25, -0.2) is 4.79 Å². The molecule has 0 N–H and O–H groups in total. The first-order valence-corrected chi connectivity index (χ1v) is 4.20. The number of rotatable bonds is 1. The van der Waals surface area contributed by atoms with Crippen molar-refractivity contribution in [3.8, 4) is 0 Å². The minimum atomic E-state index is -0.351. The van der Waals surface area contributed by atoms with Crippen molar-refractivity contribution in [2.24, 2.45) is 0 Å². The van der Waals surface area contributed by atoms with Gasteiger partial charge < -0.3 is 3.83 Å². The molecule has 2 nitrogen and oxygen atoms in total. The molecule has 0 spiro atoms. The molecule has 0 saturated carbocycles. The first-order chi connectivity index (χ1) is 5.65. The van der Waals surface area contributed by atoms with Crippen molar-refractivity contribution in [2.75, 3.05) is 0 Å². The molecule has 0 atom stereocenters. The molecule has 0 aliphatic rings. The van der Waals surface area contributed by atoms with Crippen molar-refractivity contribution in [2.45, 2.75) is 13.8 Å². The van der Waals surface area contributed by atoms with Crippen LogP contribution in [0.1, 0.15) is 21.5 Å². The molecular formula is C9H9BrO2. The molecule has 1 aromatic rings. The molecule has 0 saturated heterocycles. The second kappa shape index (κ2) is 3.72. The van der Waals surface area contributed by atoms with Crippen LogP contribution in [0.5, 0.6) is 0 Å². The molecule has 1 rings (SSSR count). The Morgan fingerprint density at radius 2 is 2.08 bits per heavy atom. The number of halogens is 1. The molecular weight excluding hydrogens is 220 g/mol. The second-order valence-electron chi connectivity index (χ2n) is 2.68. The molecule has 0 aromatic heterocycles. The van der Waals surface area contributed by atoms with Gasteiger partial charge in [0, 0.05) is 0 Å². The fourth-order valence-corrected chi connectivity index (χ4v) is 1.17. The van der Waals surface area contributed by atoms with Gasteiger partial charge in [0.05, 0.1) is 5.56 Å². The highest BCUT2D eigenvalue weighted by Gasteiger charge is 2.08. The van der Waals surface area contributed by atoms with Crippen LogP contribution in [-0.2, 0) is 3.83 Å². The van der Waals surface area contributed by atoms with E-state index in [4.69, 9.17) is 0 Å². The van der Waals surface area contributed by atoms with Gasteiger partial charge in [0.2, 0.25) is 0 Å². The highest BCUT2D eigenvalue weighted by molar-refractivity contribution is 9.06. The lowest BCUT2D eigenvalue weighted by molar-refractivity contribution is 0.0781. The molecule has 0 unspecified atom stereocenters. The van der Waals surface area contributed by atoms with E-state index in [2.05, 4.69) is 20.1 Å². The average Bonchev–Trinajstić information content (AvgIpc) is 2.08. The monoisotopic (exact) mass is 228 g/mol. The van der Waals surface area contributed by atoms with Crippen molar-refractivity contribution in [1.29, 1.82) is 0 Å². The lowest BCUT2D eigenvalue weighted by atomic mass is 10.1. The molecule has 12 heavy (non-hydrogen) atoms. The number of carbonyl (C=O) groups is 1. The van der Waals surface area contributed by atoms with Gasteiger partial charge in [-0.2, -0.15) is 0 Å². The summed E-state index contributed by atoms with van der Waals surface area (Å²) >= 11 is 2.66. The summed E-state index contributed by atoms with van der Waals surface area (Å²) in [7, 11) is 0. The van der Waals surface area contributed by atoms with Gasteiger partial charge in [-0.15, -0.1) is 0 Å².